The number of fused-ring (bicyclic) bond motifs is 5. The SMILES string of the molecule is Cc1cccc2c(-c3cccc4nn(C)cc34)nn(-c3ccc(N4C[C@@H]5CC[C@@H]4C[C@H]5C(=O)O)nc3)c12. The topological polar surface area (TPSA) is 89.1 Å². The fourth-order valence-corrected chi connectivity index (χ4v) is 6.46. The number of carboxylic acids is 1. The van der Waals surface area contributed by atoms with Crippen molar-refractivity contribution < 1.29 is 9.90 Å². The molecule has 3 atom stereocenters. The molecule has 0 amide bonds. The van der Waals surface area contributed by atoms with Crippen molar-refractivity contribution in [2.24, 2.45) is 18.9 Å². The van der Waals surface area contributed by atoms with E-state index in [0.29, 0.717) is 6.42 Å². The first-order valence-electron chi connectivity index (χ1n) is 12.8. The lowest BCUT2D eigenvalue weighted by atomic mass is 9.72. The quantitative estimate of drug-likeness (QED) is 0.381. The third-order valence-corrected chi connectivity index (χ3v) is 8.25. The molecule has 0 spiro atoms. The van der Waals surface area contributed by atoms with Gasteiger partial charge >= 0.3 is 5.97 Å². The smallest absolute Gasteiger partial charge is 0.306 e. The molecule has 8 rings (SSSR count). The molecule has 5 heterocycles. The lowest BCUT2D eigenvalue weighted by molar-refractivity contribution is -0.146. The van der Waals surface area contributed by atoms with Crippen molar-refractivity contribution in [3.8, 4) is 16.9 Å². The van der Waals surface area contributed by atoms with Crippen LogP contribution in [0.1, 0.15) is 24.8 Å². The largest absolute Gasteiger partial charge is 0.481 e. The Hall–Kier alpha value is -4.20. The number of carbonyl (C=O) groups is 1. The average molecular weight is 493 g/mol. The lowest BCUT2D eigenvalue weighted by Gasteiger charge is -2.48. The monoisotopic (exact) mass is 492 g/mol. The van der Waals surface area contributed by atoms with Gasteiger partial charge in [0.2, 0.25) is 0 Å². The Bertz CT molecular complexity index is 1670. The van der Waals surface area contributed by atoms with Gasteiger partial charge in [-0.3, -0.25) is 9.48 Å². The molecule has 3 fully saturated rings. The molecule has 2 aliphatic heterocycles. The normalized spacial score (nSPS) is 21.2. The van der Waals surface area contributed by atoms with Gasteiger partial charge in [-0.1, -0.05) is 30.3 Å². The summed E-state index contributed by atoms with van der Waals surface area (Å²) in [5, 5.41) is 21.5. The number of aromatic nitrogens is 5. The van der Waals surface area contributed by atoms with E-state index < -0.39 is 5.97 Å². The first-order valence-corrected chi connectivity index (χ1v) is 12.8. The Morgan fingerprint density at radius 2 is 1.89 bits per heavy atom. The van der Waals surface area contributed by atoms with Crippen LogP contribution in [-0.4, -0.2) is 48.2 Å². The third kappa shape index (κ3) is 3.43. The van der Waals surface area contributed by atoms with Gasteiger partial charge < -0.3 is 10.0 Å². The highest BCUT2D eigenvalue weighted by molar-refractivity contribution is 6.03. The Labute approximate surface area is 214 Å². The van der Waals surface area contributed by atoms with Gasteiger partial charge in [-0.2, -0.15) is 10.2 Å². The van der Waals surface area contributed by atoms with Gasteiger partial charge in [0.25, 0.3) is 0 Å². The zero-order valence-corrected chi connectivity index (χ0v) is 20.9. The van der Waals surface area contributed by atoms with Crippen LogP contribution in [0.25, 0.3) is 38.8 Å². The molecule has 5 aromatic rings. The maximum Gasteiger partial charge on any atom is 0.306 e. The van der Waals surface area contributed by atoms with Crippen molar-refractivity contribution in [2.45, 2.75) is 32.2 Å². The number of aryl methyl sites for hydroxylation is 2. The van der Waals surface area contributed by atoms with Crippen molar-refractivity contribution in [3.63, 3.8) is 0 Å². The molecule has 186 valence electrons. The van der Waals surface area contributed by atoms with Crippen LogP contribution < -0.4 is 4.90 Å². The number of aliphatic carboxylic acids is 1. The summed E-state index contributed by atoms with van der Waals surface area (Å²) < 4.78 is 3.84. The molecule has 37 heavy (non-hydrogen) atoms. The highest BCUT2D eigenvalue weighted by Gasteiger charge is 2.44. The second-order valence-electron chi connectivity index (χ2n) is 10.5. The summed E-state index contributed by atoms with van der Waals surface area (Å²) in [5.41, 5.74) is 6.04. The number of nitrogens with zero attached hydrogens (tertiary/aromatic N) is 6. The van der Waals surface area contributed by atoms with Gasteiger partial charge in [0.15, 0.2) is 0 Å². The van der Waals surface area contributed by atoms with E-state index >= 15 is 0 Å². The maximum absolute atomic E-state index is 11.7. The van der Waals surface area contributed by atoms with Gasteiger partial charge in [0.1, 0.15) is 11.5 Å². The first-order chi connectivity index (χ1) is 18.0. The van der Waals surface area contributed by atoms with Crippen LogP contribution in [0.5, 0.6) is 0 Å². The van der Waals surface area contributed by atoms with Crippen LogP contribution in [0, 0.1) is 18.8 Å². The number of rotatable bonds is 4. The highest BCUT2D eigenvalue weighted by atomic mass is 16.4. The van der Waals surface area contributed by atoms with E-state index in [-0.39, 0.29) is 17.9 Å². The standard InChI is InChI=1S/C29H28N6O2/c1-17-5-3-7-22-27(21-6-4-8-25-24(21)16-33(2)31-25)32-35(28(17)22)20-11-12-26(30-14-20)34-15-18-9-10-19(34)13-23(18)29(36)37/h3-8,11-12,14,16,18-19,23H,9-10,13,15H2,1-2H3,(H,36,37)/t18-,19+,23+/m0/s1. The Morgan fingerprint density at radius 1 is 1.03 bits per heavy atom. The number of piperidine rings is 2. The molecule has 0 unspecified atom stereocenters. The molecular formula is C29H28N6O2. The summed E-state index contributed by atoms with van der Waals surface area (Å²) in [6, 6.07) is 16.8. The highest BCUT2D eigenvalue weighted by Crippen LogP contribution is 2.41. The van der Waals surface area contributed by atoms with Crippen LogP contribution in [0.3, 0.4) is 0 Å². The third-order valence-electron chi connectivity index (χ3n) is 8.25. The number of para-hydroxylation sites is 1. The van der Waals surface area contributed by atoms with E-state index in [1.165, 1.54) is 0 Å². The predicted molar refractivity (Wildman–Crippen MR) is 143 cm³/mol. The lowest BCUT2D eigenvalue weighted by Crippen LogP contribution is -2.54. The average Bonchev–Trinajstić information content (AvgIpc) is 3.50. The minimum absolute atomic E-state index is 0.194. The minimum Gasteiger partial charge on any atom is -0.481 e. The zero-order valence-electron chi connectivity index (χ0n) is 20.9. The summed E-state index contributed by atoms with van der Waals surface area (Å²) in [6.45, 7) is 2.87. The molecule has 2 saturated heterocycles. The van der Waals surface area contributed by atoms with Crippen LogP contribution in [0.15, 0.2) is 60.9 Å². The second-order valence-corrected chi connectivity index (χ2v) is 10.5. The molecule has 3 aromatic heterocycles. The van der Waals surface area contributed by atoms with Crippen LogP contribution in [0.4, 0.5) is 5.82 Å². The molecule has 1 N–H and O–H groups in total. The zero-order chi connectivity index (χ0) is 25.3. The molecule has 1 saturated carbocycles. The number of hydrogen-bond donors (Lipinski definition) is 1. The van der Waals surface area contributed by atoms with Crippen LogP contribution in [0.2, 0.25) is 0 Å². The van der Waals surface area contributed by atoms with E-state index in [9.17, 15) is 9.90 Å². The fraction of sp³-hybridized carbons (Fsp3) is 0.310. The van der Waals surface area contributed by atoms with Crippen molar-refractivity contribution >= 4 is 33.6 Å². The summed E-state index contributed by atoms with van der Waals surface area (Å²) in [5.74, 6) is 0.224. The van der Waals surface area contributed by atoms with E-state index in [1.807, 2.05) is 40.9 Å². The molecule has 2 aromatic carbocycles. The predicted octanol–water partition coefficient (Wildman–Crippen LogP) is 4.97. The van der Waals surface area contributed by atoms with Gasteiger partial charge in [0, 0.05) is 42.2 Å². The van der Waals surface area contributed by atoms with E-state index in [2.05, 4.69) is 53.3 Å². The summed E-state index contributed by atoms with van der Waals surface area (Å²) in [7, 11) is 1.94. The van der Waals surface area contributed by atoms with Crippen molar-refractivity contribution in [2.75, 3.05) is 11.4 Å². The summed E-state index contributed by atoms with van der Waals surface area (Å²) in [4.78, 5) is 18.8. The Kier molecular flexibility index (Phi) is 4.86. The Morgan fingerprint density at radius 3 is 2.65 bits per heavy atom. The van der Waals surface area contributed by atoms with Gasteiger partial charge in [0.05, 0.1) is 28.8 Å². The van der Waals surface area contributed by atoms with Crippen molar-refractivity contribution in [3.05, 3.63) is 66.5 Å². The second kappa shape index (κ2) is 8.16. The number of carboxylic acid groups (broad SMARTS) is 1. The van der Waals surface area contributed by atoms with Crippen molar-refractivity contribution in [1.82, 2.24) is 24.5 Å². The van der Waals surface area contributed by atoms with E-state index in [0.717, 1.165) is 69.5 Å². The summed E-state index contributed by atoms with van der Waals surface area (Å²) >= 11 is 0. The number of pyridine rings is 1. The number of hydrogen-bond acceptors (Lipinski definition) is 5. The van der Waals surface area contributed by atoms with E-state index in [4.69, 9.17) is 10.1 Å². The first kappa shape index (κ1) is 22.0. The number of anilines is 1. The van der Waals surface area contributed by atoms with Crippen LogP contribution >= 0.6 is 0 Å². The molecule has 3 aliphatic rings. The molecule has 8 nitrogen and oxygen atoms in total. The maximum atomic E-state index is 11.7. The molecule has 2 bridgehead atoms. The molecule has 0 radical (unpaired) electrons. The van der Waals surface area contributed by atoms with Gasteiger partial charge in [-0.05, 0) is 55.9 Å². The Balaban J connectivity index is 1.29. The molecule has 8 heteroatoms. The van der Waals surface area contributed by atoms with E-state index in [1.54, 1.807) is 0 Å². The minimum atomic E-state index is -0.656. The van der Waals surface area contributed by atoms with Gasteiger partial charge in [-0.15, -0.1) is 0 Å². The van der Waals surface area contributed by atoms with Crippen LogP contribution in [-0.2, 0) is 11.8 Å². The van der Waals surface area contributed by atoms with Gasteiger partial charge in [-0.25, -0.2) is 9.67 Å². The molecule has 1 aliphatic carbocycles. The van der Waals surface area contributed by atoms with Crippen molar-refractivity contribution in [1.29, 1.82) is 0 Å². The number of benzene rings is 2. The molecular weight excluding hydrogens is 464 g/mol. The summed E-state index contributed by atoms with van der Waals surface area (Å²) in [6.07, 6.45) is 6.66. The fourth-order valence-electron chi connectivity index (χ4n) is 6.46.